The van der Waals surface area contributed by atoms with Gasteiger partial charge >= 0.3 is 0 Å². The fourth-order valence-electron chi connectivity index (χ4n) is 0.745. The maximum absolute atomic E-state index is 8.91. The molecular weight excluding hydrogens is 176 g/mol. The number of hydrogen-bond acceptors (Lipinski definition) is 3. The van der Waals surface area contributed by atoms with Gasteiger partial charge in [-0.05, 0) is 17.9 Å². The molecule has 1 heterocycles. The van der Waals surface area contributed by atoms with Crippen LogP contribution in [0.3, 0.4) is 0 Å². The molecule has 11 heavy (non-hydrogen) atoms. The molecule has 0 bridgehead atoms. The molecule has 0 spiro atoms. The molecule has 1 unspecified atom stereocenters. The summed E-state index contributed by atoms with van der Waals surface area (Å²) in [5.41, 5.74) is 0. The number of rotatable bonds is 4. The van der Waals surface area contributed by atoms with Crippen molar-refractivity contribution in [1.29, 1.82) is 0 Å². The molecule has 3 heteroatoms. The Morgan fingerprint density at radius 3 is 3.00 bits per heavy atom. The summed E-state index contributed by atoms with van der Waals surface area (Å²) in [6.07, 6.45) is 1.03. The van der Waals surface area contributed by atoms with Gasteiger partial charge in [-0.1, -0.05) is 13.0 Å². The Bertz CT molecular complexity index is 180. The molecule has 0 aliphatic carbocycles. The number of thiophene rings is 1. The van der Waals surface area contributed by atoms with Gasteiger partial charge in [0.25, 0.3) is 0 Å². The van der Waals surface area contributed by atoms with E-state index in [2.05, 4.69) is 18.4 Å². The van der Waals surface area contributed by atoms with Crippen LogP contribution in [-0.2, 0) is 0 Å². The zero-order valence-corrected chi connectivity index (χ0v) is 8.12. The largest absolute Gasteiger partial charge is 0.395 e. The summed E-state index contributed by atoms with van der Waals surface area (Å²) in [5, 5.41) is 11.3. The van der Waals surface area contributed by atoms with Crippen molar-refractivity contribution in [3.8, 4) is 0 Å². The van der Waals surface area contributed by atoms with Gasteiger partial charge in [0.05, 0.1) is 10.8 Å². The van der Waals surface area contributed by atoms with Crippen molar-refractivity contribution in [2.24, 2.45) is 0 Å². The highest BCUT2D eigenvalue weighted by Crippen LogP contribution is 2.28. The van der Waals surface area contributed by atoms with Crippen LogP contribution in [0.4, 0.5) is 0 Å². The van der Waals surface area contributed by atoms with E-state index < -0.39 is 0 Å². The fourth-order valence-corrected chi connectivity index (χ4v) is 2.72. The van der Waals surface area contributed by atoms with Gasteiger partial charge in [0, 0.05) is 5.25 Å². The molecule has 1 aromatic rings. The Balaban J connectivity index is 2.41. The number of aliphatic hydroxyl groups is 1. The minimum Gasteiger partial charge on any atom is -0.395 e. The third-order valence-corrected chi connectivity index (χ3v) is 3.86. The van der Waals surface area contributed by atoms with Gasteiger partial charge in [0.15, 0.2) is 0 Å². The Morgan fingerprint density at radius 2 is 2.55 bits per heavy atom. The highest BCUT2D eigenvalue weighted by atomic mass is 32.2. The number of thioether (sulfide) groups is 1. The first-order valence-electron chi connectivity index (χ1n) is 3.67. The SMILES string of the molecule is CCC(CO)Sc1cccs1. The second-order valence-corrected chi connectivity index (χ2v) is 4.81. The van der Waals surface area contributed by atoms with E-state index in [1.165, 1.54) is 4.21 Å². The van der Waals surface area contributed by atoms with Crippen LogP contribution in [0.15, 0.2) is 21.7 Å². The Hall–Kier alpha value is 0.01000. The van der Waals surface area contributed by atoms with Crippen LogP contribution in [0.2, 0.25) is 0 Å². The first-order valence-corrected chi connectivity index (χ1v) is 5.43. The van der Waals surface area contributed by atoms with E-state index in [1.807, 2.05) is 6.07 Å². The molecule has 0 saturated heterocycles. The van der Waals surface area contributed by atoms with E-state index in [4.69, 9.17) is 5.11 Å². The predicted octanol–water partition coefficient (Wildman–Crippen LogP) is 2.61. The molecule has 0 aliphatic heterocycles. The molecule has 0 radical (unpaired) electrons. The highest BCUT2D eigenvalue weighted by molar-refractivity contribution is 8.01. The molecule has 0 fully saturated rings. The molecule has 0 aromatic carbocycles. The Labute approximate surface area is 75.4 Å². The van der Waals surface area contributed by atoms with Gasteiger partial charge in [-0.3, -0.25) is 0 Å². The average molecular weight is 188 g/mol. The Kier molecular flexibility index (Phi) is 3.97. The van der Waals surface area contributed by atoms with Gasteiger partial charge in [0.1, 0.15) is 0 Å². The minimum atomic E-state index is 0.277. The van der Waals surface area contributed by atoms with E-state index >= 15 is 0 Å². The zero-order valence-electron chi connectivity index (χ0n) is 6.49. The van der Waals surface area contributed by atoms with Crippen molar-refractivity contribution in [2.45, 2.75) is 22.8 Å². The van der Waals surface area contributed by atoms with Crippen molar-refractivity contribution >= 4 is 23.1 Å². The van der Waals surface area contributed by atoms with E-state index in [9.17, 15) is 0 Å². The molecule has 1 N–H and O–H groups in total. The van der Waals surface area contributed by atoms with Crippen molar-refractivity contribution in [3.63, 3.8) is 0 Å². The highest BCUT2D eigenvalue weighted by Gasteiger charge is 2.06. The van der Waals surface area contributed by atoms with Crippen LogP contribution in [-0.4, -0.2) is 17.0 Å². The third kappa shape index (κ3) is 2.85. The monoisotopic (exact) mass is 188 g/mol. The second-order valence-electron chi connectivity index (χ2n) is 2.26. The average Bonchev–Trinajstić information content (AvgIpc) is 2.52. The fraction of sp³-hybridized carbons (Fsp3) is 0.500. The summed E-state index contributed by atoms with van der Waals surface area (Å²) in [6.45, 7) is 2.38. The molecular formula is C8H12OS2. The number of aliphatic hydroxyl groups excluding tert-OH is 1. The standard InChI is InChI=1S/C8H12OS2/c1-2-7(6-9)11-8-4-3-5-10-8/h3-5,7,9H,2,6H2,1H3. The molecule has 62 valence electrons. The van der Waals surface area contributed by atoms with Gasteiger partial charge in [-0.15, -0.1) is 23.1 Å². The quantitative estimate of drug-likeness (QED) is 0.733. The minimum absolute atomic E-state index is 0.277. The van der Waals surface area contributed by atoms with Crippen molar-refractivity contribution in [1.82, 2.24) is 0 Å². The van der Waals surface area contributed by atoms with Gasteiger partial charge in [-0.25, -0.2) is 0 Å². The Morgan fingerprint density at radius 1 is 1.73 bits per heavy atom. The normalized spacial score (nSPS) is 13.3. The van der Waals surface area contributed by atoms with Gasteiger partial charge in [0.2, 0.25) is 0 Å². The molecule has 0 amide bonds. The maximum Gasteiger partial charge on any atom is 0.0602 e. The summed E-state index contributed by atoms with van der Waals surface area (Å²) < 4.78 is 1.30. The number of hydrogen-bond donors (Lipinski definition) is 1. The predicted molar refractivity (Wildman–Crippen MR) is 51.3 cm³/mol. The van der Waals surface area contributed by atoms with E-state index in [-0.39, 0.29) is 6.61 Å². The summed E-state index contributed by atoms with van der Waals surface area (Å²) >= 11 is 3.50. The first-order chi connectivity index (χ1) is 5.36. The van der Waals surface area contributed by atoms with E-state index in [0.717, 1.165) is 6.42 Å². The molecule has 1 nitrogen and oxygen atoms in total. The van der Waals surface area contributed by atoms with Gasteiger partial charge < -0.3 is 5.11 Å². The molecule has 0 saturated carbocycles. The lowest BCUT2D eigenvalue weighted by molar-refractivity contribution is 0.292. The van der Waals surface area contributed by atoms with Crippen LogP contribution >= 0.6 is 23.1 Å². The van der Waals surface area contributed by atoms with Crippen molar-refractivity contribution in [3.05, 3.63) is 17.5 Å². The molecule has 1 rings (SSSR count). The summed E-state index contributed by atoms with van der Waals surface area (Å²) in [5.74, 6) is 0. The van der Waals surface area contributed by atoms with Crippen LogP contribution in [0.25, 0.3) is 0 Å². The zero-order chi connectivity index (χ0) is 8.10. The van der Waals surface area contributed by atoms with Crippen molar-refractivity contribution < 1.29 is 5.11 Å². The lowest BCUT2D eigenvalue weighted by Gasteiger charge is -2.07. The summed E-state index contributed by atoms with van der Waals surface area (Å²) in [6, 6.07) is 4.13. The summed E-state index contributed by atoms with van der Waals surface area (Å²) in [7, 11) is 0. The maximum atomic E-state index is 8.91. The topological polar surface area (TPSA) is 20.2 Å². The first kappa shape index (κ1) is 9.10. The van der Waals surface area contributed by atoms with Gasteiger partial charge in [-0.2, -0.15) is 0 Å². The lowest BCUT2D eigenvalue weighted by atomic mass is 10.3. The van der Waals surface area contributed by atoms with E-state index in [0.29, 0.717) is 5.25 Å². The van der Waals surface area contributed by atoms with Crippen molar-refractivity contribution in [2.75, 3.05) is 6.61 Å². The summed E-state index contributed by atoms with van der Waals surface area (Å²) in [4.78, 5) is 0. The van der Waals surface area contributed by atoms with Crippen LogP contribution in [0, 0.1) is 0 Å². The van der Waals surface area contributed by atoms with Crippen LogP contribution < -0.4 is 0 Å². The molecule has 1 atom stereocenters. The second kappa shape index (κ2) is 4.80. The van der Waals surface area contributed by atoms with Crippen LogP contribution in [0.5, 0.6) is 0 Å². The third-order valence-electron chi connectivity index (χ3n) is 1.44. The molecule has 0 aliphatic rings. The molecule has 1 aromatic heterocycles. The smallest absolute Gasteiger partial charge is 0.0602 e. The van der Waals surface area contributed by atoms with E-state index in [1.54, 1.807) is 23.1 Å². The van der Waals surface area contributed by atoms with Crippen LogP contribution in [0.1, 0.15) is 13.3 Å². The lowest BCUT2D eigenvalue weighted by Crippen LogP contribution is -2.05.